The third-order valence-corrected chi connectivity index (χ3v) is 5.07. The van der Waals surface area contributed by atoms with E-state index in [-0.39, 0.29) is 10.6 Å². The molecular formula is C16H17N5O2S. The Balaban J connectivity index is 1.69. The molecule has 0 bridgehead atoms. The van der Waals surface area contributed by atoms with Crippen molar-refractivity contribution in [3.05, 3.63) is 51.7 Å². The van der Waals surface area contributed by atoms with Crippen molar-refractivity contribution >= 4 is 22.0 Å². The normalized spacial score (nSPS) is 15.8. The maximum absolute atomic E-state index is 11.3. The molecule has 1 aromatic carbocycles. The van der Waals surface area contributed by atoms with Crippen LogP contribution >= 0.6 is 11.3 Å². The molecule has 2 aromatic heterocycles. The number of para-hydroxylation sites is 1. The Hall–Kier alpha value is -2.29. The molecule has 4 rings (SSSR count). The van der Waals surface area contributed by atoms with Crippen molar-refractivity contribution in [2.45, 2.75) is 6.54 Å². The first-order valence-electron chi connectivity index (χ1n) is 7.85. The zero-order valence-corrected chi connectivity index (χ0v) is 13.8. The van der Waals surface area contributed by atoms with E-state index < -0.39 is 0 Å². The molecule has 3 aromatic rings. The summed E-state index contributed by atoms with van der Waals surface area (Å²) in [6.45, 7) is 4.85. The quantitative estimate of drug-likeness (QED) is 0.581. The summed E-state index contributed by atoms with van der Waals surface area (Å²) in [5.41, 5.74) is 2.57. The summed E-state index contributed by atoms with van der Waals surface area (Å²) >= 11 is 1.51. The van der Waals surface area contributed by atoms with E-state index in [0.29, 0.717) is 5.56 Å². The van der Waals surface area contributed by atoms with Gasteiger partial charge in [0.25, 0.3) is 5.69 Å². The standard InChI is InChI=1S/C16H17N5O2S/c22-21(23)14-4-2-1-3-13(14)15-11-24-16-18-12(10-20(15)16)9-19-7-5-17-6-8-19/h1-4,10-11,17H,5-9H2. The van der Waals surface area contributed by atoms with Crippen LogP contribution in [0.5, 0.6) is 0 Å². The van der Waals surface area contributed by atoms with Gasteiger partial charge in [0.1, 0.15) is 0 Å². The molecule has 0 saturated carbocycles. The smallest absolute Gasteiger partial charge is 0.278 e. The van der Waals surface area contributed by atoms with Crippen molar-refractivity contribution in [1.29, 1.82) is 0 Å². The van der Waals surface area contributed by atoms with E-state index in [9.17, 15) is 10.1 Å². The van der Waals surface area contributed by atoms with Gasteiger partial charge in [-0.05, 0) is 6.07 Å². The van der Waals surface area contributed by atoms with Crippen LogP contribution in [0.1, 0.15) is 5.69 Å². The van der Waals surface area contributed by atoms with Gasteiger partial charge in [-0.1, -0.05) is 12.1 Å². The molecule has 1 aliphatic rings. The number of hydrogen-bond donors (Lipinski definition) is 1. The van der Waals surface area contributed by atoms with E-state index in [0.717, 1.165) is 49.1 Å². The minimum atomic E-state index is -0.336. The Morgan fingerprint density at radius 3 is 2.88 bits per heavy atom. The van der Waals surface area contributed by atoms with Gasteiger partial charge in [-0.25, -0.2) is 4.98 Å². The van der Waals surface area contributed by atoms with Crippen molar-refractivity contribution in [1.82, 2.24) is 19.6 Å². The highest BCUT2D eigenvalue weighted by Gasteiger charge is 2.19. The van der Waals surface area contributed by atoms with Crippen LogP contribution in [0.4, 0.5) is 5.69 Å². The average molecular weight is 343 g/mol. The number of benzene rings is 1. The average Bonchev–Trinajstić information content (AvgIpc) is 3.15. The fourth-order valence-electron chi connectivity index (χ4n) is 3.05. The first kappa shape index (κ1) is 15.3. The molecule has 0 atom stereocenters. The number of rotatable bonds is 4. The lowest BCUT2D eigenvalue weighted by atomic mass is 10.1. The molecule has 1 aliphatic heterocycles. The second-order valence-electron chi connectivity index (χ2n) is 5.81. The second kappa shape index (κ2) is 6.31. The van der Waals surface area contributed by atoms with E-state index in [1.165, 1.54) is 17.4 Å². The SMILES string of the molecule is O=[N+]([O-])c1ccccc1-c1csc2nc(CN3CCNCC3)cn12. The molecule has 7 nitrogen and oxygen atoms in total. The Morgan fingerprint density at radius 2 is 2.08 bits per heavy atom. The van der Waals surface area contributed by atoms with Gasteiger partial charge in [0.2, 0.25) is 0 Å². The Bertz CT molecular complexity index is 882. The number of aromatic nitrogens is 2. The summed E-state index contributed by atoms with van der Waals surface area (Å²) in [5.74, 6) is 0. The lowest BCUT2D eigenvalue weighted by Crippen LogP contribution is -2.42. The number of nitrogens with one attached hydrogen (secondary N) is 1. The minimum absolute atomic E-state index is 0.120. The number of hydrogen-bond acceptors (Lipinski definition) is 6. The van der Waals surface area contributed by atoms with Crippen molar-refractivity contribution in [3.63, 3.8) is 0 Å². The Kier molecular flexibility index (Phi) is 4.01. The van der Waals surface area contributed by atoms with Gasteiger partial charge in [0.05, 0.1) is 21.9 Å². The monoisotopic (exact) mass is 343 g/mol. The van der Waals surface area contributed by atoms with E-state index in [2.05, 4.69) is 15.2 Å². The van der Waals surface area contributed by atoms with Crippen LogP contribution in [0.2, 0.25) is 0 Å². The predicted molar refractivity (Wildman–Crippen MR) is 93.3 cm³/mol. The Morgan fingerprint density at radius 1 is 1.29 bits per heavy atom. The highest BCUT2D eigenvalue weighted by molar-refractivity contribution is 7.15. The van der Waals surface area contributed by atoms with Gasteiger partial charge >= 0.3 is 0 Å². The number of nitrogens with zero attached hydrogens (tertiary/aromatic N) is 4. The maximum Gasteiger partial charge on any atom is 0.278 e. The molecule has 8 heteroatoms. The molecular weight excluding hydrogens is 326 g/mol. The number of nitro benzene ring substituents is 1. The summed E-state index contributed by atoms with van der Waals surface area (Å²) in [6, 6.07) is 6.84. The first-order chi connectivity index (χ1) is 11.7. The van der Waals surface area contributed by atoms with Crippen molar-refractivity contribution in [3.8, 4) is 11.3 Å². The lowest BCUT2D eigenvalue weighted by Gasteiger charge is -2.26. The molecule has 1 saturated heterocycles. The molecule has 1 N–H and O–H groups in total. The van der Waals surface area contributed by atoms with E-state index in [4.69, 9.17) is 0 Å². The third kappa shape index (κ3) is 2.79. The summed E-state index contributed by atoms with van der Waals surface area (Å²) < 4.78 is 1.96. The van der Waals surface area contributed by atoms with Gasteiger partial charge in [-0.15, -0.1) is 11.3 Å². The van der Waals surface area contributed by atoms with E-state index in [1.807, 2.05) is 22.0 Å². The van der Waals surface area contributed by atoms with Gasteiger partial charge in [-0.2, -0.15) is 0 Å². The minimum Gasteiger partial charge on any atom is -0.314 e. The van der Waals surface area contributed by atoms with Crippen LogP contribution in [0.3, 0.4) is 0 Å². The molecule has 0 spiro atoms. The highest BCUT2D eigenvalue weighted by atomic mass is 32.1. The number of fused-ring (bicyclic) bond motifs is 1. The van der Waals surface area contributed by atoms with Crippen LogP contribution in [0, 0.1) is 10.1 Å². The highest BCUT2D eigenvalue weighted by Crippen LogP contribution is 2.33. The van der Waals surface area contributed by atoms with Crippen LogP contribution in [-0.4, -0.2) is 45.4 Å². The van der Waals surface area contributed by atoms with Crippen LogP contribution in [0.15, 0.2) is 35.8 Å². The molecule has 1 fully saturated rings. The molecule has 24 heavy (non-hydrogen) atoms. The van der Waals surface area contributed by atoms with E-state index >= 15 is 0 Å². The summed E-state index contributed by atoms with van der Waals surface area (Å²) in [7, 11) is 0. The predicted octanol–water partition coefficient (Wildman–Crippen LogP) is 2.38. The van der Waals surface area contributed by atoms with Gasteiger partial charge < -0.3 is 5.32 Å². The van der Waals surface area contributed by atoms with Crippen molar-refractivity contribution < 1.29 is 4.92 Å². The molecule has 0 amide bonds. The first-order valence-corrected chi connectivity index (χ1v) is 8.72. The fraction of sp³-hybridized carbons (Fsp3) is 0.312. The fourth-order valence-corrected chi connectivity index (χ4v) is 3.94. The van der Waals surface area contributed by atoms with Gasteiger partial charge in [-0.3, -0.25) is 19.4 Å². The summed E-state index contributed by atoms with van der Waals surface area (Å²) in [6.07, 6.45) is 2.00. The van der Waals surface area contributed by atoms with Crippen molar-refractivity contribution in [2.75, 3.05) is 26.2 Å². The van der Waals surface area contributed by atoms with Crippen LogP contribution in [-0.2, 0) is 6.54 Å². The number of imidazole rings is 1. The lowest BCUT2D eigenvalue weighted by molar-refractivity contribution is -0.384. The number of thiazole rings is 1. The number of piperazine rings is 1. The molecule has 0 radical (unpaired) electrons. The molecule has 0 aliphatic carbocycles. The molecule has 3 heterocycles. The zero-order chi connectivity index (χ0) is 16.5. The summed E-state index contributed by atoms with van der Waals surface area (Å²) in [4.78, 5) is 18.9. The van der Waals surface area contributed by atoms with Gasteiger partial charge in [0, 0.05) is 50.4 Å². The largest absolute Gasteiger partial charge is 0.314 e. The Labute approximate surface area is 142 Å². The summed E-state index contributed by atoms with van der Waals surface area (Å²) in [5, 5.41) is 16.6. The third-order valence-electron chi connectivity index (χ3n) is 4.23. The van der Waals surface area contributed by atoms with Gasteiger partial charge in [0.15, 0.2) is 4.96 Å². The van der Waals surface area contributed by atoms with Crippen LogP contribution in [0.25, 0.3) is 16.2 Å². The second-order valence-corrected chi connectivity index (χ2v) is 6.64. The molecule has 0 unspecified atom stereocenters. The topological polar surface area (TPSA) is 75.7 Å². The van der Waals surface area contributed by atoms with Crippen molar-refractivity contribution in [2.24, 2.45) is 0 Å². The molecule has 124 valence electrons. The maximum atomic E-state index is 11.3. The number of nitro groups is 1. The van der Waals surface area contributed by atoms with E-state index in [1.54, 1.807) is 12.1 Å². The zero-order valence-electron chi connectivity index (χ0n) is 13.0. The van der Waals surface area contributed by atoms with Crippen LogP contribution < -0.4 is 5.32 Å².